The average Bonchev–Trinajstić information content (AvgIpc) is 3.08. The van der Waals surface area contributed by atoms with Crippen LogP contribution in [-0.4, -0.2) is 61.9 Å². The lowest BCUT2D eigenvalue weighted by atomic mass is 10.1. The fraction of sp³-hybridized carbons (Fsp3) is 0.278. The minimum atomic E-state index is -4.38. The Morgan fingerprint density at radius 2 is 1.77 bits per heavy atom. The number of aliphatic hydroxyl groups excluding tert-OH is 1. The van der Waals surface area contributed by atoms with Gasteiger partial charge in [0.2, 0.25) is 10.0 Å². The third kappa shape index (κ3) is 4.29. The van der Waals surface area contributed by atoms with Crippen LogP contribution in [-0.2, 0) is 19.9 Å². The highest BCUT2D eigenvalue weighted by molar-refractivity contribution is 7.92. The predicted molar refractivity (Wildman–Crippen MR) is 114 cm³/mol. The van der Waals surface area contributed by atoms with Gasteiger partial charge in [0.15, 0.2) is 9.84 Å². The van der Waals surface area contributed by atoms with E-state index in [1.165, 1.54) is 18.2 Å². The summed E-state index contributed by atoms with van der Waals surface area (Å²) >= 11 is 17.7. The van der Waals surface area contributed by atoms with Crippen LogP contribution >= 0.6 is 34.8 Å². The summed E-state index contributed by atoms with van der Waals surface area (Å²) in [6.07, 6.45) is 0. The lowest BCUT2D eigenvalue weighted by Gasteiger charge is -2.26. The predicted octanol–water partition coefficient (Wildman–Crippen LogP) is 2.09. The molecule has 1 aliphatic heterocycles. The highest BCUT2D eigenvalue weighted by atomic mass is 35.5. The molecule has 1 heterocycles. The number of nitrogens with zero attached hydrogens (tertiary/aromatic N) is 2. The lowest BCUT2D eigenvalue weighted by molar-refractivity contribution is 0.00160. The standard InChI is InChI=1S/C18H15Cl3N2O6S2/c19-12-1-4-16(15(21)6-12)31(28,29)23-8-17(18(25,9-23)10-24)30(26,27)13-2-3-14(20)11(5-13)7-22/h1-6,17,24-25H,8-10H2/t17?,18-/m1/s1. The van der Waals surface area contributed by atoms with E-state index in [0.29, 0.717) is 0 Å². The zero-order valence-corrected chi connectivity index (χ0v) is 19.4. The van der Waals surface area contributed by atoms with E-state index in [9.17, 15) is 27.0 Å². The smallest absolute Gasteiger partial charge is 0.244 e. The number of sulfone groups is 1. The summed E-state index contributed by atoms with van der Waals surface area (Å²) in [5.74, 6) is 0. The van der Waals surface area contributed by atoms with Crippen molar-refractivity contribution in [3.63, 3.8) is 0 Å². The van der Waals surface area contributed by atoms with Crippen molar-refractivity contribution in [2.24, 2.45) is 0 Å². The van der Waals surface area contributed by atoms with Crippen molar-refractivity contribution in [3.05, 3.63) is 57.0 Å². The van der Waals surface area contributed by atoms with Gasteiger partial charge in [-0.05, 0) is 36.4 Å². The molecule has 31 heavy (non-hydrogen) atoms. The maximum atomic E-state index is 13.2. The van der Waals surface area contributed by atoms with Crippen molar-refractivity contribution in [2.75, 3.05) is 19.7 Å². The largest absolute Gasteiger partial charge is 0.393 e. The lowest BCUT2D eigenvalue weighted by Crippen LogP contribution is -2.49. The number of halogens is 3. The van der Waals surface area contributed by atoms with Crippen LogP contribution in [0, 0.1) is 11.3 Å². The van der Waals surface area contributed by atoms with E-state index in [1.807, 2.05) is 0 Å². The Kier molecular flexibility index (Phi) is 6.64. The second-order valence-corrected chi connectivity index (χ2v) is 12.2. The molecule has 2 N–H and O–H groups in total. The zero-order valence-electron chi connectivity index (χ0n) is 15.5. The highest BCUT2D eigenvalue weighted by Crippen LogP contribution is 2.37. The first-order valence-electron chi connectivity index (χ1n) is 8.59. The van der Waals surface area contributed by atoms with E-state index < -0.39 is 50.4 Å². The molecule has 0 saturated carbocycles. The Hall–Kier alpha value is -1.42. The van der Waals surface area contributed by atoms with Crippen LogP contribution in [0.1, 0.15) is 5.56 Å². The third-order valence-electron chi connectivity index (χ3n) is 4.97. The summed E-state index contributed by atoms with van der Waals surface area (Å²) in [5.41, 5.74) is -2.40. The molecule has 8 nitrogen and oxygen atoms in total. The summed E-state index contributed by atoms with van der Waals surface area (Å²) in [6, 6.07) is 8.83. The number of aliphatic hydroxyl groups is 2. The van der Waals surface area contributed by atoms with Gasteiger partial charge < -0.3 is 10.2 Å². The van der Waals surface area contributed by atoms with Gasteiger partial charge in [-0.2, -0.15) is 9.57 Å². The molecular formula is C18H15Cl3N2O6S2. The van der Waals surface area contributed by atoms with Crippen LogP contribution in [0.15, 0.2) is 46.2 Å². The minimum Gasteiger partial charge on any atom is -0.393 e. The zero-order chi connectivity index (χ0) is 23.2. The van der Waals surface area contributed by atoms with Crippen molar-refractivity contribution in [2.45, 2.75) is 20.6 Å². The molecule has 0 bridgehead atoms. The summed E-state index contributed by atoms with van der Waals surface area (Å²) in [4.78, 5) is -0.663. The molecule has 1 unspecified atom stereocenters. The van der Waals surface area contributed by atoms with Gasteiger partial charge >= 0.3 is 0 Å². The molecule has 166 valence electrons. The number of sulfonamides is 1. The van der Waals surface area contributed by atoms with Crippen LogP contribution in [0.5, 0.6) is 0 Å². The molecule has 0 aliphatic carbocycles. The Balaban J connectivity index is 2.06. The molecule has 0 spiro atoms. The first-order chi connectivity index (χ1) is 14.4. The maximum absolute atomic E-state index is 13.2. The number of nitriles is 1. The van der Waals surface area contributed by atoms with Gasteiger partial charge in [-0.25, -0.2) is 16.8 Å². The van der Waals surface area contributed by atoms with Gasteiger partial charge in [0.05, 0.1) is 27.1 Å². The summed E-state index contributed by atoms with van der Waals surface area (Å²) < 4.78 is 53.3. The van der Waals surface area contributed by atoms with E-state index >= 15 is 0 Å². The Morgan fingerprint density at radius 3 is 2.35 bits per heavy atom. The normalized spacial score (nSPS) is 22.4. The summed E-state index contributed by atoms with van der Waals surface area (Å²) in [6.45, 7) is -2.35. The first-order valence-corrected chi connectivity index (χ1v) is 12.7. The van der Waals surface area contributed by atoms with E-state index in [0.717, 1.165) is 22.5 Å². The SMILES string of the molecule is N#Cc1cc(S(=O)(=O)C2CN(S(=O)(=O)c3ccc(Cl)cc3Cl)C[C@@]2(O)CO)ccc1Cl. The number of hydrogen-bond donors (Lipinski definition) is 2. The van der Waals surface area contributed by atoms with Crippen molar-refractivity contribution in [1.82, 2.24) is 4.31 Å². The highest BCUT2D eigenvalue weighted by Gasteiger charge is 2.55. The number of benzene rings is 2. The van der Waals surface area contributed by atoms with E-state index in [2.05, 4.69) is 0 Å². The van der Waals surface area contributed by atoms with Crippen LogP contribution in [0.3, 0.4) is 0 Å². The molecule has 0 amide bonds. The van der Waals surface area contributed by atoms with Crippen LogP contribution < -0.4 is 0 Å². The van der Waals surface area contributed by atoms with Crippen LogP contribution in [0.25, 0.3) is 0 Å². The van der Waals surface area contributed by atoms with Gasteiger partial charge in [0, 0.05) is 18.1 Å². The maximum Gasteiger partial charge on any atom is 0.244 e. The summed E-state index contributed by atoms with van der Waals surface area (Å²) in [7, 11) is -8.71. The van der Waals surface area contributed by atoms with Crippen LogP contribution in [0.2, 0.25) is 15.1 Å². The first kappa shape index (κ1) is 24.2. The molecule has 13 heteroatoms. The average molecular weight is 526 g/mol. The molecule has 2 aromatic rings. The molecule has 3 rings (SSSR count). The fourth-order valence-corrected chi connectivity index (χ4v) is 7.79. The second-order valence-electron chi connectivity index (χ2n) is 6.92. The van der Waals surface area contributed by atoms with Gasteiger partial charge in [0.1, 0.15) is 21.8 Å². The van der Waals surface area contributed by atoms with Crippen LogP contribution in [0.4, 0.5) is 0 Å². The quantitative estimate of drug-likeness (QED) is 0.610. The van der Waals surface area contributed by atoms with Crippen molar-refractivity contribution in [1.29, 1.82) is 5.26 Å². The van der Waals surface area contributed by atoms with Gasteiger partial charge in [0.25, 0.3) is 0 Å². The fourth-order valence-electron chi connectivity index (χ4n) is 3.30. The molecule has 1 aliphatic rings. The molecule has 1 saturated heterocycles. The Bertz CT molecular complexity index is 1290. The van der Waals surface area contributed by atoms with E-state index in [1.54, 1.807) is 6.07 Å². The second kappa shape index (κ2) is 8.50. The molecule has 0 aromatic heterocycles. The number of rotatable bonds is 5. The molecular weight excluding hydrogens is 511 g/mol. The summed E-state index contributed by atoms with van der Waals surface area (Å²) in [5, 5.41) is 28.1. The Labute approximate surface area is 194 Å². The van der Waals surface area contributed by atoms with E-state index in [-0.39, 0.29) is 30.4 Å². The van der Waals surface area contributed by atoms with Crippen molar-refractivity contribution >= 4 is 54.7 Å². The van der Waals surface area contributed by atoms with Crippen molar-refractivity contribution < 1.29 is 27.0 Å². The molecule has 2 aromatic carbocycles. The number of β-amino-alcohol motifs (C(OH)–C–C–N with tert-alkyl or cyclic N) is 1. The topological polar surface area (TPSA) is 136 Å². The van der Waals surface area contributed by atoms with Gasteiger partial charge in [-0.15, -0.1) is 0 Å². The molecule has 2 atom stereocenters. The van der Waals surface area contributed by atoms with Gasteiger partial charge in [-0.1, -0.05) is 34.8 Å². The van der Waals surface area contributed by atoms with Crippen molar-refractivity contribution in [3.8, 4) is 6.07 Å². The molecule has 1 fully saturated rings. The Morgan fingerprint density at radius 1 is 1.10 bits per heavy atom. The van der Waals surface area contributed by atoms with Gasteiger partial charge in [-0.3, -0.25) is 0 Å². The third-order valence-corrected chi connectivity index (χ3v) is 10.1. The monoisotopic (exact) mass is 524 g/mol. The molecule has 0 radical (unpaired) electrons. The number of hydrogen-bond acceptors (Lipinski definition) is 7. The van der Waals surface area contributed by atoms with E-state index in [4.69, 9.17) is 40.1 Å². The minimum absolute atomic E-state index is 0.0341.